The van der Waals surface area contributed by atoms with E-state index >= 15 is 0 Å². The molecule has 0 aromatic heterocycles. The largest absolute Gasteiger partial charge is 0.359 e. The van der Waals surface area contributed by atoms with E-state index in [-0.39, 0.29) is 12.3 Å². The van der Waals surface area contributed by atoms with Crippen LogP contribution in [0.3, 0.4) is 0 Å². The topological polar surface area (TPSA) is 75.3 Å². The van der Waals surface area contributed by atoms with E-state index in [2.05, 4.69) is 10.0 Å². The van der Waals surface area contributed by atoms with E-state index in [9.17, 15) is 13.2 Å². The van der Waals surface area contributed by atoms with Gasteiger partial charge in [0.2, 0.25) is 15.9 Å². The van der Waals surface area contributed by atoms with Gasteiger partial charge in [-0.1, -0.05) is 12.1 Å². The van der Waals surface area contributed by atoms with Crippen molar-refractivity contribution in [2.24, 2.45) is 0 Å². The standard InChI is InChI=1S/C10H13ClN2O3S/c1-12-10(14)6-8-2-4-9(5-3-8)13-17(15,16)7-11/h2-5,13H,6-7H2,1H3,(H,12,14). The number of anilines is 1. The molecule has 5 nitrogen and oxygen atoms in total. The zero-order chi connectivity index (χ0) is 12.9. The maximum Gasteiger partial charge on any atom is 0.246 e. The highest BCUT2D eigenvalue weighted by molar-refractivity contribution is 7.93. The number of hydrogen-bond donors (Lipinski definition) is 2. The molecule has 17 heavy (non-hydrogen) atoms. The van der Waals surface area contributed by atoms with Crippen LogP contribution < -0.4 is 10.0 Å². The van der Waals surface area contributed by atoms with Gasteiger partial charge in [-0.05, 0) is 17.7 Å². The number of sulfonamides is 1. The second-order valence-corrected chi connectivity index (χ2v) is 5.68. The highest BCUT2D eigenvalue weighted by atomic mass is 35.5. The van der Waals surface area contributed by atoms with E-state index in [1.807, 2.05) is 0 Å². The van der Waals surface area contributed by atoms with E-state index in [0.717, 1.165) is 5.56 Å². The Hall–Kier alpha value is -1.27. The number of halogens is 1. The molecule has 0 radical (unpaired) electrons. The molecule has 1 amide bonds. The van der Waals surface area contributed by atoms with E-state index in [4.69, 9.17) is 11.6 Å². The number of carbonyl (C=O) groups is 1. The van der Waals surface area contributed by atoms with Crippen molar-refractivity contribution in [3.8, 4) is 0 Å². The molecule has 0 atom stereocenters. The Morgan fingerprint density at radius 1 is 1.29 bits per heavy atom. The molecule has 7 heteroatoms. The highest BCUT2D eigenvalue weighted by Crippen LogP contribution is 2.12. The highest BCUT2D eigenvalue weighted by Gasteiger charge is 2.08. The predicted octanol–water partition coefficient (Wildman–Crippen LogP) is 0.913. The van der Waals surface area contributed by atoms with Gasteiger partial charge in [0.1, 0.15) is 5.21 Å². The summed E-state index contributed by atoms with van der Waals surface area (Å²) in [5, 5.41) is 2.01. The van der Waals surface area contributed by atoms with Crippen LogP contribution in [0.5, 0.6) is 0 Å². The zero-order valence-corrected chi connectivity index (χ0v) is 10.8. The molecule has 0 unspecified atom stereocenters. The van der Waals surface area contributed by atoms with E-state index in [1.165, 1.54) is 0 Å². The summed E-state index contributed by atoms with van der Waals surface area (Å²) in [6.07, 6.45) is 0.263. The Morgan fingerprint density at radius 2 is 1.88 bits per heavy atom. The maximum atomic E-state index is 11.2. The third-order valence-electron chi connectivity index (χ3n) is 2.01. The fraction of sp³-hybridized carbons (Fsp3) is 0.300. The van der Waals surface area contributed by atoms with Gasteiger partial charge in [0.25, 0.3) is 0 Å². The lowest BCUT2D eigenvalue weighted by atomic mass is 10.1. The van der Waals surface area contributed by atoms with Crippen molar-refractivity contribution in [3.05, 3.63) is 29.8 Å². The molecule has 0 saturated heterocycles. The van der Waals surface area contributed by atoms with Crippen molar-refractivity contribution >= 4 is 33.2 Å². The lowest BCUT2D eigenvalue weighted by molar-refractivity contribution is -0.119. The number of alkyl halides is 1. The monoisotopic (exact) mass is 276 g/mol. The summed E-state index contributed by atoms with van der Waals surface area (Å²) in [6.45, 7) is 0. The Balaban J connectivity index is 2.72. The lowest BCUT2D eigenvalue weighted by Crippen LogP contribution is -2.19. The third kappa shape index (κ3) is 4.62. The Labute approximate surface area is 105 Å². The number of likely N-dealkylation sites (N-methyl/N-ethyl adjacent to an activating group) is 1. The van der Waals surface area contributed by atoms with Crippen LogP contribution in [0, 0.1) is 0 Å². The van der Waals surface area contributed by atoms with Crippen LogP contribution in [-0.2, 0) is 21.2 Å². The summed E-state index contributed by atoms with van der Waals surface area (Å²) in [5.74, 6) is -0.0981. The van der Waals surface area contributed by atoms with Gasteiger partial charge in [-0.3, -0.25) is 9.52 Å². The van der Waals surface area contributed by atoms with Crippen LogP contribution in [0.2, 0.25) is 0 Å². The number of rotatable bonds is 5. The molecule has 1 aromatic rings. The van der Waals surface area contributed by atoms with Gasteiger partial charge in [-0.25, -0.2) is 8.42 Å². The second-order valence-electron chi connectivity index (χ2n) is 3.37. The van der Waals surface area contributed by atoms with Crippen molar-refractivity contribution in [3.63, 3.8) is 0 Å². The van der Waals surface area contributed by atoms with Crippen molar-refractivity contribution in [2.75, 3.05) is 17.0 Å². The first kappa shape index (κ1) is 13.8. The summed E-state index contributed by atoms with van der Waals surface area (Å²) in [4.78, 5) is 11.1. The minimum Gasteiger partial charge on any atom is -0.359 e. The third-order valence-corrected chi connectivity index (χ3v) is 3.71. The lowest BCUT2D eigenvalue weighted by Gasteiger charge is -2.06. The quantitative estimate of drug-likeness (QED) is 0.785. The molecule has 0 fully saturated rings. The first-order valence-electron chi connectivity index (χ1n) is 4.83. The first-order chi connectivity index (χ1) is 7.96. The number of carbonyl (C=O) groups excluding carboxylic acids is 1. The Kier molecular flexibility index (Phi) is 4.77. The van der Waals surface area contributed by atoms with Gasteiger partial charge in [-0.15, -0.1) is 11.6 Å². The van der Waals surface area contributed by atoms with Gasteiger partial charge >= 0.3 is 0 Å². The van der Waals surface area contributed by atoms with Crippen LogP contribution in [0.25, 0.3) is 0 Å². The average Bonchev–Trinajstić information content (AvgIpc) is 2.31. The number of amides is 1. The molecular formula is C10H13ClN2O3S. The zero-order valence-electron chi connectivity index (χ0n) is 9.23. The van der Waals surface area contributed by atoms with Crippen LogP contribution in [0.15, 0.2) is 24.3 Å². The van der Waals surface area contributed by atoms with Crippen LogP contribution in [0.1, 0.15) is 5.56 Å². The van der Waals surface area contributed by atoms with Gasteiger partial charge < -0.3 is 5.32 Å². The summed E-state index contributed by atoms with van der Waals surface area (Å²) in [7, 11) is -1.92. The second kappa shape index (κ2) is 5.88. The molecular weight excluding hydrogens is 264 g/mol. The molecule has 1 aromatic carbocycles. The fourth-order valence-corrected chi connectivity index (χ4v) is 1.88. The SMILES string of the molecule is CNC(=O)Cc1ccc(NS(=O)(=O)CCl)cc1. The normalized spacial score (nSPS) is 10.9. The molecule has 0 aliphatic rings. The molecule has 0 aliphatic heterocycles. The molecule has 0 spiro atoms. The maximum absolute atomic E-state index is 11.2. The molecule has 0 heterocycles. The number of nitrogens with one attached hydrogen (secondary N) is 2. The summed E-state index contributed by atoms with van der Waals surface area (Å²) >= 11 is 5.26. The molecule has 0 aliphatic carbocycles. The number of benzene rings is 1. The van der Waals surface area contributed by atoms with E-state index in [1.54, 1.807) is 31.3 Å². The molecule has 2 N–H and O–H groups in total. The minimum atomic E-state index is -3.48. The predicted molar refractivity (Wildman–Crippen MR) is 67.5 cm³/mol. The van der Waals surface area contributed by atoms with Gasteiger partial charge in [0, 0.05) is 12.7 Å². The number of hydrogen-bond acceptors (Lipinski definition) is 3. The van der Waals surface area contributed by atoms with Crippen molar-refractivity contribution < 1.29 is 13.2 Å². The molecule has 0 saturated carbocycles. The molecule has 1 rings (SSSR count). The Bertz CT molecular complexity index is 485. The van der Waals surface area contributed by atoms with Crippen LogP contribution in [-0.4, -0.2) is 26.6 Å². The van der Waals surface area contributed by atoms with Crippen LogP contribution in [0.4, 0.5) is 5.69 Å². The van der Waals surface area contributed by atoms with Gasteiger partial charge in [0.05, 0.1) is 6.42 Å². The van der Waals surface area contributed by atoms with Gasteiger partial charge in [0.15, 0.2) is 0 Å². The first-order valence-corrected chi connectivity index (χ1v) is 7.01. The van der Waals surface area contributed by atoms with E-state index < -0.39 is 15.2 Å². The van der Waals surface area contributed by atoms with Crippen molar-refractivity contribution in [1.82, 2.24) is 5.32 Å². The fourth-order valence-electron chi connectivity index (χ4n) is 1.17. The minimum absolute atomic E-state index is 0.0981. The van der Waals surface area contributed by atoms with Gasteiger partial charge in [-0.2, -0.15) is 0 Å². The van der Waals surface area contributed by atoms with Crippen molar-refractivity contribution in [1.29, 1.82) is 0 Å². The summed E-state index contributed by atoms with van der Waals surface area (Å²) < 4.78 is 24.6. The smallest absolute Gasteiger partial charge is 0.246 e. The molecule has 0 bridgehead atoms. The van der Waals surface area contributed by atoms with Crippen molar-refractivity contribution in [2.45, 2.75) is 6.42 Å². The van der Waals surface area contributed by atoms with Crippen LogP contribution >= 0.6 is 11.6 Å². The molecule has 94 valence electrons. The summed E-state index contributed by atoms with van der Waals surface area (Å²) in [6, 6.07) is 6.54. The Morgan fingerprint density at radius 3 is 2.35 bits per heavy atom. The van der Waals surface area contributed by atoms with E-state index in [0.29, 0.717) is 5.69 Å². The average molecular weight is 277 g/mol. The summed E-state index contributed by atoms with van der Waals surface area (Å²) in [5.41, 5.74) is 1.23.